The Kier molecular flexibility index (Phi) is 6.37. The number of hydrogen-bond donors (Lipinski definition) is 3. The van der Waals surface area contributed by atoms with Gasteiger partial charge < -0.3 is 15.9 Å². The van der Waals surface area contributed by atoms with Crippen molar-refractivity contribution in [3.05, 3.63) is 96.2 Å². The summed E-state index contributed by atoms with van der Waals surface area (Å²) < 4.78 is 17.4. The lowest BCUT2D eigenvalue weighted by molar-refractivity contribution is 0.175. The number of rotatable bonds is 6. The summed E-state index contributed by atoms with van der Waals surface area (Å²) in [5, 5.41) is 21.1. The van der Waals surface area contributed by atoms with Crippen LogP contribution in [-0.2, 0) is 13.1 Å². The first-order valence-electron chi connectivity index (χ1n) is 12.6. The molecule has 0 aliphatic carbocycles. The highest BCUT2D eigenvalue weighted by Gasteiger charge is 2.22. The van der Waals surface area contributed by atoms with Crippen molar-refractivity contribution in [3.63, 3.8) is 0 Å². The smallest absolute Gasteiger partial charge is 0.168 e. The van der Waals surface area contributed by atoms with Crippen LogP contribution in [0.1, 0.15) is 17.5 Å². The van der Waals surface area contributed by atoms with Crippen LogP contribution in [0.2, 0.25) is 0 Å². The largest absolute Gasteiger partial charge is 0.504 e. The summed E-state index contributed by atoms with van der Waals surface area (Å²) in [7, 11) is 0. The highest BCUT2D eigenvalue weighted by molar-refractivity contribution is 5.89. The monoisotopic (exact) mass is 509 g/mol. The number of benzene rings is 3. The highest BCUT2D eigenvalue weighted by Crippen LogP contribution is 2.37. The zero-order valence-corrected chi connectivity index (χ0v) is 20.8. The van der Waals surface area contributed by atoms with E-state index in [9.17, 15) is 10.2 Å². The average molecular weight is 510 g/mol. The number of aromatic hydroxyl groups is 1. The molecule has 2 aromatic heterocycles. The van der Waals surface area contributed by atoms with Gasteiger partial charge in [-0.1, -0.05) is 42.5 Å². The maximum Gasteiger partial charge on any atom is 0.168 e. The van der Waals surface area contributed by atoms with Gasteiger partial charge >= 0.3 is 0 Å². The zero-order valence-electron chi connectivity index (χ0n) is 20.8. The third-order valence-electron chi connectivity index (χ3n) is 7.18. The Balaban J connectivity index is 1.37. The number of hydrogen-bond acceptors (Lipinski definition) is 6. The molecular formula is C30H28FN5O2. The van der Waals surface area contributed by atoms with Crippen LogP contribution < -0.4 is 5.73 Å². The van der Waals surface area contributed by atoms with E-state index in [4.69, 9.17) is 5.73 Å². The normalized spacial score (nSPS) is 15.9. The van der Waals surface area contributed by atoms with Crippen molar-refractivity contribution in [1.29, 1.82) is 0 Å². The number of likely N-dealkylation sites (tertiary alicyclic amines) is 1. The van der Waals surface area contributed by atoms with Gasteiger partial charge in [0, 0.05) is 37.4 Å². The summed E-state index contributed by atoms with van der Waals surface area (Å²) >= 11 is 0. The van der Waals surface area contributed by atoms with Crippen LogP contribution in [0.5, 0.6) is 5.75 Å². The molecule has 0 radical (unpaired) electrons. The van der Waals surface area contributed by atoms with Gasteiger partial charge in [-0.25, -0.2) is 14.4 Å². The molecule has 1 atom stereocenters. The number of pyridine rings is 1. The van der Waals surface area contributed by atoms with E-state index in [-0.39, 0.29) is 23.1 Å². The third-order valence-corrected chi connectivity index (χ3v) is 7.18. The van der Waals surface area contributed by atoms with E-state index < -0.39 is 5.82 Å². The van der Waals surface area contributed by atoms with E-state index in [1.807, 2.05) is 54.6 Å². The van der Waals surface area contributed by atoms with Gasteiger partial charge in [-0.05, 0) is 52.9 Å². The fourth-order valence-electron chi connectivity index (χ4n) is 5.23. The molecule has 0 amide bonds. The quantitative estimate of drug-likeness (QED) is 0.309. The molecule has 0 bridgehead atoms. The van der Waals surface area contributed by atoms with Crippen LogP contribution in [0.25, 0.3) is 39.1 Å². The van der Waals surface area contributed by atoms with Gasteiger partial charge in [0.15, 0.2) is 5.75 Å². The molecule has 0 spiro atoms. The summed E-state index contributed by atoms with van der Waals surface area (Å²) in [5.74, 6) is -0.620. The van der Waals surface area contributed by atoms with Crippen molar-refractivity contribution in [3.8, 4) is 33.8 Å². The number of nitrogens with two attached hydrogens (primary N) is 1. The predicted molar refractivity (Wildman–Crippen MR) is 145 cm³/mol. The summed E-state index contributed by atoms with van der Waals surface area (Å²) in [4.78, 5) is 10.9. The number of aromatic nitrogens is 3. The molecule has 7 nitrogen and oxygen atoms in total. The molecule has 1 fully saturated rings. The van der Waals surface area contributed by atoms with Gasteiger partial charge in [0.25, 0.3) is 0 Å². The van der Waals surface area contributed by atoms with E-state index in [1.54, 1.807) is 23.2 Å². The number of β-amino-alcohol motifs (C(OH)–C–C–N with tert-alkyl or cyclic N) is 1. The van der Waals surface area contributed by atoms with Gasteiger partial charge in [-0.2, -0.15) is 0 Å². The molecule has 3 heterocycles. The first kappa shape index (κ1) is 24.2. The molecule has 0 saturated carbocycles. The van der Waals surface area contributed by atoms with Gasteiger partial charge in [0.05, 0.1) is 12.3 Å². The molecule has 192 valence electrons. The van der Waals surface area contributed by atoms with Crippen LogP contribution in [-0.4, -0.2) is 48.8 Å². The molecule has 1 saturated heterocycles. The van der Waals surface area contributed by atoms with E-state index in [1.165, 1.54) is 6.07 Å². The third kappa shape index (κ3) is 4.43. The second-order valence-corrected chi connectivity index (χ2v) is 9.71. The maximum atomic E-state index is 15.6. The van der Waals surface area contributed by atoms with E-state index in [0.717, 1.165) is 40.9 Å². The molecule has 38 heavy (non-hydrogen) atoms. The van der Waals surface area contributed by atoms with Crippen LogP contribution in [0, 0.1) is 5.82 Å². The molecule has 4 N–H and O–H groups in total. The Labute approximate surface area is 219 Å². The van der Waals surface area contributed by atoms with E-state index in [0.29, 0.717) is 30.7 Å². The Morgan fingerprint density at radius 2 is 1.87 bits per heavy atom. The van der Waals surface area contributed by atoms with Crippen LogP contribution in [0.4, 0.5) is 4.39 Å². The molecule has 0 unspecified atom stereocenters. The SMILES string of the molecule is NCc1cccc(-n2cnc3cnc(-c4ccc(-c5ccccc5CN5CC[C@H](O)C5)cc4F)c(O)c32)c1. The van der Waals surface area contributed by atoms with Crippen molar-refractivity contribution in [2.75, 3.05) is 13.1 Å². The van der Waals surface area contributed by atoms with Crippen molar-refractivity contribution >= 4 is 11.0 Å². The van der Waals surface area contributed by atoms with Gasteiger partial charge in [-0.3, -0.25) is 9.47 Å². The molecule has 6 rings (SSSR count). The summed E-state index contributed by atoms with van der Waals surface area (Å²) in [6, 6.07) is 20.6. The zero-order chi connectivity index (χ0) is 26.2. The summed E-state index contributed by atoms with van der Waals surface area (Å²) in [5.41, 5.74) is 11.6. The number of nitrogens with zero attached hydrogens (tertiary/aromatic N) is 4. The van der Waals surface area contributed by atoms with E-state index in [2.05, 4.69) is 14.9 Å². The Bertz CT molecular complexity index is 1630. The Hall–Kier alpha value is -4.11. The molecule has 8 heteroatoms. The standard InChI is InChI=1S/C30H28FN5O2/c31-26-13-20(24-7-2-1-5-21(24)16-35-11-10-23(37)17-35)8-9-25(26)28-30(38)29-27(15-33-28)34-18-36(29)22-6-3-4-19(12-22)14-32/h1-9,12-13,15,18,23,37-38H,10-11,14,16-17,32H2/t23-/m0/s1. The summed E-state index contributed by atoms with van der Waals surface area (Å²) in [6.07, 6.45) is 3.63. The first-order valence-corrected chi connectivity index (χ1v) is 12.6. The lowest BCUT2D eigenvalue weighted by atomic mass is 9.97. The second-order valence-electron chi connectivity index (χ2n) is 9.71. The lowest BCUT2D eigenvalue weighted by Gasteiger charge is -2.18. The van der Waals surface area contributed by atoms with Crippen LogP contribution >= 0.6 is 0 Å². The maximum absolute atomic E-state index is 15.6. The van der Waals surface area contributed by atoms with Crippen molar-refractivity contribution in [1.82, 2.24) is 19.4 Å². The van der Waals surface area contributed by atoms with E-state index >= 15 is 4.39 Å². The highest BCUT2D eigenvalue weighted by atomic mass is 19.1. The fraction of sp³-hybridized carbons (Fsp3) is 0.200. The predicted octanol–water partition coefficient (Wildman–Crippen LogP) is 4.62. The number of halogens is 1. The number of imidazole rings is 1. The lowest BCUT2D eigenvalue weighted by Crippen LogP contribution is -2.21. The molecule has 3 aromatic carbocycles. The van der Waals surface area contributed by atoms with Crippen molar-refractivity contribution in [2.24, 2.45) is 5.73 Å². The fourth-order valence-corrected chi connectivity index (χ4v) is 5.23. The number of fused-ring (bicyclic) bond motifs is 1. The number of aliphatic hydroxyl groups is 1. The van der Waals surface area contributed by atoms with Gasteiger partial charge in [0.1, 0.15) is 28.9 Å². The van der Waals surface area contributed by atoms with Crippen molar-refractivity contribution < 1.29 is 14.6 Å². The van der Waals surface area contributed by atoms with Crippen molar-refractivity contribution in [2.45, 2.75) is 25.6 Å². The minimum atomic E-state index is -0.479. The van der Waals surface area contributed by atoms with Crippen LogP contribution in [0.15, 0.2) is 79.3 Å². The molecule has 1 aliphatic heterocycles. The minimum Gasteiger partial charge on any atom is -0.504 e. The topological polar surface area (TPSA) is 100 Å². The molecular weight excluding hydrogens is 481 g/mol. The second kappa shape index (κ2) is 9.98. The van der Waals surface area contributed by atoms with Gasteiger partial charge in [-0.15, -0.1) is 0 Å². The Morgan fingerprint density at radius 1 is 1.00 bits per heavy atom. The minimum absolute atomic E-state index is 0.141. The van der Waals surface area contributed by atoms with Crippen LogP contribution in [0.3, 0.4) is 0 Å². The number of aliphatic hydroxyl groups excluding tert-OH is 1. The average Bonchev–Trinajstić information content (AvgIpc) is 3.56. The molecule has 5 aromatic rings. The van der Waals surface area contributed by atoms with Gasteiger partial charge in [0.2, 0.25) is 0 Å². The summed E-state index contributed by atoms with van der Waals surface area (Å²) in [6.45, 7) is 2.55. The first-order chi connectivity index (χ1) is 18.5. The molecule has 1 aliphatic rings. The Morgan fingerprint density at radius 3 is 2.66 bits per heavy atom.